The van der Waals surface area contributed by atoms with Crippen LogP contribution in [0.1, 0.15) is 28.2 Å². The Morgan fingerprint density at radius 2 is 1.68 bits per heavy atom. The predicted octanol–water partition coefficient (Wildman–Crippen LogP) is 1.51. The average molecular weight is 419 g/mol. The maximum atomic E-state index is 12.9. The first-order chi connectivity index (χ1) is 14.9. The molecule has 0 aliphatic heterocycles. The SMILES string of the molecule is Cc1cc(C(=O)N[C@H](Cc2ccccc2)C(=O)NCCC(N)=O)nn1-c1ccccc1. The molecule has 31 heavy (non-hydrogen) atoms. The van der Waals surface area contributed by atoms with Crippen molar-refractivity contribution in [1.29, 1.82) is 0 Å². The highest BCUT2D eigenvalue weighted by Crippen LogP contribution is 2.12. The summed E-state index contributed by atoms with van der Waals surface area (Å²) in [6.07, 6.45) is 0.325. The van der Waals surface area contributed by atoms with Gasteiger partial charge in [0.1, 0.15) is 6.04 Å². The van der Waals surface area contributed by atoms with Crippen molar-refractivity contribution in [2.45, 2.75) is 25.8 Å². The third kappa shape index (κ3) is 6.02. The quantitative estimate of drug-likeness (QED) is 0.487. The van der Waals surface area contributed by atoms with E-state index in [9.17, 15) is 14.4 Å². The molecule has 0 aliphatic rings. The normalized spacial score (nSPS) is 11.5. The molecule has 160 valence electrons. The Kier molecular flexibility index (Phi) is 7.16. The summed E-state index contributed by atoms with van der Waals surface area (Å²) in [5.41, 5.74) is 7.86. The van der Waals surface area contributed by atoms with Crippen LogP contribution < -0.4 is 16.4 Å². The molecular weight excluding hydrogens is 394 g/mol. The lowest BCUT2D eigenvalue weighted by molar-refractivity contribution is -0.123. The van der Waals surface area contributed by atoms with Gasteiger partial charge < -0.3 is 16.4 Å². The standard InChI is InChI=1S/C23H25N5O3/c1-16-14-20(27-28(16)18-10-6-3-7-11-18)23(31)26-19(15-17-8-4-2-5-9-17)22(30)25-13-12-21(24)29/h2-11,14,19H,12-13,15H2,1H3,(H2,24,29)(H,25,30)(H,26,31)/t19-/m1/s1. The van der Waals surface area contributed by atoms with Crippen LogP contribution in [0.5, 0.6) is 0 Å². The summed E-state index contributed by atoms with van der Waals surface area (Å²) in [6, 6.07) is 19.7. The van der Waals surface area contributed by atoms with Gasteiger partial charge in [0.25, 0.3) is 5.91 Å². The Bertz CT molecular complexity index is 1050. The molecule has 0 spiro atoms. The summed E-state index contributed by atoms with van der Waals surface area (Å²) in [5, 5.41) is 9.82. The van der Waals surface area contributed by atoms with Crippen molar-refractivity contribution in [3.05, 3.63) is 83.7 Å². The lowest BCUT2D eigenvalue weighted by Crippen LogP contribution is -2.48. The second kappa shape index (κ2) is 10.2. The first-order valence-electron chi connectivity index (χ1n) is 9.97. The zero-order chi connectivity index (χ0) is 22.2. The monoisotopic (exact) mass is 419 g/mol. The molecule has 8 heteroatoms. The maximum Gasteiger partial charge on any atom is 0.272 e. The first kappa shape index (κ1) is 21.8. The van der Waals surface area contributed by atoms with Gasteiger partial charge in [-0.05, 0) is 30.7 Å². The molecule has 4 N–H and O–H groups in total. The summed E-state index contributed by atoms with van der Waals surface area (Å²) in [4.78, 5) is 36.5. The number of carbonyl (C=O) groups is 3. The number of aromatic nitrogens is 2. The number of para-hydroxylation sites is 1. The maximum absolute atomic E-state index is 12.9. The number of hydrogen-bond acceptors (Lipinski definition) is 4. The molecule has 1 heterocycles. The van der Waals surface area contributed by atoms with E-state index in [0.717, 1.165) is 16.9 Å². The number of amides is 3. The van der Waals surface area contributed by atoms with Crippen LogP contribution in [-0.2, 0) is 16.0 Å². The Morgan fingerprint density at radius 1 is 1.03 bits per heavy atom. The van der Waals surface area contributed by atoms with E-state index in [-0.39, 0.29) is 18.7 Å². The zero-order valence-electron chi connectivity index (χ0n) is 17.2. The minimum absolute atomic E-state index is 0.0262. The molecule has 3 rings (SSSR count). The van der Waals surface area contributed by atoms with E-state index in [1.165, 1.54) is 0 Å². The summed E-state index contributed by atoms with van der Waals surface area (Å²) in [5.74, 6) is -1.35. The average Bonchev–Trinajstić information content (AvgIpc) is 3.16. The van der Waals surface area contributed by atoms with Gasteiger partial charge in [-0.15, -0.1) is 0 Å². The van der Waals surface area contributed by atoms with Crippen LogP contribution >= 0.6 is 0 Å². The molecule has 1 atom stereocenters. The van der Waals surface area contributed by atoms with Gasteiger partial charge in [-0.2, -0.15) is 5.10 Å². The summed E-state index contributed by atoms with van der Waals surface area (Å²) in [7, 11) is 0. The zero-order valence-corrected chi connectivity index (χ0v) is 17.2. The fourth-order valence-corrected chi connectivity index (χ4v) is 3.14. The number of nitrogens with two attached hydrogens (primary N) is 1. The van der Waals surface area contributed by atoms with Crippen LogP contribution in [0.25, 0.3) is 5.69 Å². The van der Waals surface area contributed by atoms with E-state index >= 15 is 0 Å². The fraction of sp³-hybridized carbons (Fsp3) is 0.217. The summed E-state index contributed by atoms with van der Waals surface area (Å²) >= 11 is 0. The van der Waals surface area contributed by atoms with Crippen molar-refractivity contribution in [1.82, 2.24) is 20.4 Å². The largest absolute Gasteiger partial charge is 0.370 e. The summed E-state index contributed by atoms with van der Waals surface area (Å²) in [6.45, 7) is 1.96. The van der Waals surface area contributed by atoms with Crippen LogP contribution in [0, 0.1) is 6.92 Å². The van der Waals surface area contributed by atoms with Crippen molar-refractivity contribution in [3.8, 4) is 5.69 Å². The molecule has 3 aromatic rings. The van der Waals surface area contributed by atoms with Crippen molar-refractivity contribution in [2.75, 3.05) is 6.54 Å². The van der Waals surface area contributed by atoms with Crippen molar-refractivity contribution in [3.63, 3.8) is 0 Å². The molecule has 0 unspecified atom stereocenters. The van der Waals surface area contributed by atoms with Gasteiger partial charge in [-0.25, -0.2) is 4.68 Å². The number of carbonyl (C=O) groups excluding carboxylic acids is 3. The van der Waals surface area contributed by atoms with Crippen LogP contribution in [0.4, 0.5) is 0 Å². The third-order valence-corrected chi connectivity index (χ3v) is 4.70. The number of nitrogens with zero attached hydrogens (tertiary/aromatic N) is 2. The Hall–Kier alpha value is -3.94. The van der Waals surface area contributed by atoms with Gasteiger partial charge in [-0.3, -0.25) is 14.4 Å². The Morgan fingerprint density at radius 3 is 2.32 bits per heavy atom. The van der Waals surface area contributed by atoms with E-state index in [2.05, 4.69) is 15.7 Å². The third-order valence-electron chi connectivity index (χ3n) is 4.70. The van der Waals surface area contributed by atoms with Crippen molar-refractivity contribution >= 4 is 17.7 Å². The smallest absolute Gasteiger partial charge is 0.272 e. The molecule has 1 aromatic heterocycles. The highest BCUT2D eigenvalue weighted by atomic mass is 16.2. The van der Waals surface area contributed by atoms with E-state index in [1.54, 1.807) is 10.7 Å². The Labute approximate surface area is 180 Å². The molecular formula is C23H25N5O3. The molecule has 8 nitrogen and oxygen atoms in total. The van der Waals surface area contributed by atoms with Gasteiger partial charge in [0.2, 0.25) is 11.8 Å². The lowest BCUT2D eigenvalue weighted by Gasteiger charge is -2.18. The van der Waals surface area contributed by atoms with Gasteiger partial charge in [0, 0.05) is 25.1 Å². The van der Waals surface area contributed by atoms with Crippen LogP contribution in [0.15, 0.2) is 66.7 Å². The predicted molar refractivity (Wildman–Crippen MR) is 117 cm³/mol. The first-order valence-corrected chi connectivity index (χ1v) is 9.97. The van der Waals surface area contributed by atoms with Crippen LogP contribution in [-0.4, -0.2) is 40.1 Å². The topological polar surface area (TPSA) is 119 Å². The van der Waals surface area contributed by atoms with Gasteiger partial charge in [-0.1, -0.05) is 48.5 Å². The number of nitrogens with one attached hydrogen (secondary N) is 2. The molecule has 0 bridgehead atoms. The van der Waals surface area contributed by atoms with Gasteiger partial charge in [0.15, 0.2) is 5.69 Å². The lowest BCUT2D eigenvalue weighted by atomic mass is 10.0. The minimum Gasteiger partial charge on any atom is -0.370 e. The van der Waals surface area contributed by atoms with Crippen molar-refractivity contribution < 1.29 is 14.4 Å². The van der Waals surface area contributed by atoms with E-state index in [4.69, 9.17) is 5.73 Å². The van der Waals surface area contributed by atoms with Gasteiger partial charge >= 0.3 is 0 Å². The number of aryl methyl sites for hydroxylation is 1. The molecule has 0 radical (unpaired) electrons. The second-order valence-corrected chi connectivity index (χ2v) is 7.14. The number of benzene rings is 2. The fourth-order valence-electron chi connectivity index (χ4n) is 3.14. The molecule has 3 amide bonds. The van der Waals surface area contributed by atoms with Crippen LogP contribution in [0.3, 0.4) is 0 Å². The number of rotatable bonds is 9. The van der Waals surface area contributed by atoms with E-state index in [0.29, 0.717) is 6.42 Å². The molecule has 0 aliphatic carbocycles. The number of hydrogen-bond donors (Lipinski definition) is 3. The number of primary amides is 1. The van der Waals surface area contributed by atoms with E-state index < -0.39 is 23.8 Å². The highest BCUT2D eigenvalue weighted by Gasteiger charge is 2.23. The van der Waals surface area contributed by atoms with Crippen molar-refractivity contribution in [2.24, 2.45) is 5.73 Å². The Balaban J connectivity index is 1.76. The molecule has 0 saturated heterocycles. The molecule has 0 saturated carbocycles. The second-order valence-electron chi connectivity index (χ2n) is 7.14. The highest BCUT2D eigenvalue weighted by molar-refractivity contribution is 5.96. The van der Waals surface area contributed by atoms with Gasteiger partial charge in [0.05, 0.1) is 5.69 Å². The van der Waals surface area contributed by atoms with Crippen LogP contribution in [0.2, 0.25) is 0 Å². The molecule has 0 fully saturated rings. The minimum atomic E-state index is -0.829. The van der Waals surface area contributed by atoms with E-state index in [1.807, 2.05) is 67.6 Å². The summed E-state index contributed by atoms with van der Waals surface area (Å²) < 4.78 is 1.67. The molecule has 2 aromatic carbocycles.